The fraction of sp³-hybridized carbons (Fsp3) is 0.364. The molecule has 7 nitrogen and oxygen atoms in total. The molecule has 1 aromatic heterocycles. The van der Waals surface area contributed by atoms with Crippen LogP contribution in [0.25, 0.3) is 11.0 Å². The smallest absolute Gasteiger partial charge is 0.475 e. The zero-order valence-corrected chi connectivity index (χ0v) is 18.6. The van der Waals surface area contributed by atoms with Crippen LogP contribution in [0, 0.1) is 0 Å². The van der Waals surface area contributed by atoms with Gasteiger partial charge >= 0.3 is 12.1 Å². The third-order valence-corrected chi connectivity index (χ3v) is 5.69. The van der Waals surface area contributed by atoms with Crippen LogP contribution in [0.15, 0.2) is 42.5 Å². The van der Waals surface area contributed by atoms with Gasteiger partial charge in [0, 0.05) is 36.5 Å². The molecule has 2 heterocycles. The Hall–Kier alpha value is -2.82. The van der Waals surface area contributed by atoms with Gasteiger partial charge in [-0.1, -0.05) is 23.7 Å². The van der Waals surface area contributed by atoms with E-state index in [0.717, 1.165) is 59.2 Å². The number of hydrogen-bond donors (Lipinski definition) is 3. The van der Waals surface area contributed by atoms with Gasteiger partial charge in [0.25, 0.3) is 0 Å². The van der Waals surface area contributed by atoms with E-state index in [-0.39, 0.29) is 5.54 Å². The molecule has 0 amide bonds. The number of rotatable bonds is 4. The predicted octanol–water partition coefficient (Wildman–Crippen LogP) is 4.44. The van der Waals surface area contributed by atoms with E-state index in [1.54, 1.807) is 0 Å². The topological polar surface area (TPSA) is 102 Å². The highest BCUT2D eigenvalue weighted by molar-refractivity contribution is 6.31. The second-order valence-electron chi connectivity index (χ2n) is 7.73. The van der Waals surface area contributed by atoms with Crippen LogP contribution >= 0.6 is 11.6 Å². The van der Waals surface area contributed by atoms with Crippen LogP contribution in [0.2, 0.25) is 5.02 Å². The van der Waals surface area contributed by atoms with Gasteiger partial charge in [-0.25, -0.2) is 9.78 Å². The molecule has 0 radical (unpaired) electrons. The van der Waals surface area contributed by atoms with Crippen molar-refractivity contribution in [2.24, 2.45) is 12.8 Å². The number of aryl methyl sites for hydroxylation is 1. The van der Waals surface area contributed by atoms with Crippen LogP contribution in [-0.2, 0) is 28.7 Å². The number of nitrogens with zero attached hydrogens (tertiary/aromatic N) is 2. The molecule has 178 valence electrons. The third kappa shape index (κ3) is 6.16. The number of nitrogens with one attached hydrogen (secondary N) is 1. The molecule has 2 aromatic carbocycles. The maximum absolute atomic E-state index is 10.6. The molecule has 4 N–H and O–H groups in total. The molecule has 0 aliphatic carbocycles. The van der Waals surface area contributed by atoms with E-state index in [1.165, 1.54) is 0 Å². The molecule has 0 atom stereocenters. The van der Waals surface area contributed by atoms with Gasteiger partial charge in [-0.05, 0) is 48.7 Å². The quantitative estimate of drug-likeness (QED) is 0.506. The molecular formula is C22H24ClF3N4O3. The third-order valence-electron chi connectivity index (χ3n) is 5.45. The Morgan fingerprint density at radius 1 is 1.27 bits per heavy atom. The predicted molar refractivity (Wildman–Crippen MR) is 119 cm³/mol. The van der Waals surface area contributed by atoms with Crippen LogP contribution in [0.1, 0.15) is 24.2 Å². The fourth-order valence-corrected chi connectivity index (χ4v) is 3.68. The summed E-state index contributed by atoms with van der Waals surface area (Å²) in [6.07, 6.45) is -3.38. The number of anilines is 1. The van der Waals surface area contributed by atoms with Crippen LogP contribution in [0.3, 0.4) is 0 Å². The summed E-state index contributed by atoms with van der Waals surface area (Å²) in [5, 5.41) is 11.3. The first kappa shape index (κ1) is 24.8. The molecule has 0 unspecified atom stereocenters. The van der Waals surface area contributed by atoms with Gasteiger partial charge in [0.2, 0.25) is 0 Å². The van der Waals surface area contributed by atoms with Crippen molar-refractivity contribution in [2.45, 2.75) is 31.1 Å². The van der Waals surface area contributed by atoms with E-state index >= 15 is 0 Å². The number of hydrogen-bond acceptors (Lipinski definition) is 5. The number of carboxylic acids is 1. The van der Waals surface area contributed by atoms with Gasteiger partial charge < -0.3 is 25.5 Å². The lowest BCUT2D eigenvalue weighted by Gasteiger charge is -2.34. The minimum Gasteiger partial charge on any atom is -0.475 e. The summed E-state index contributed by atoms with van der Waals surface area (Å²) in [7, 11) is 2.01. The Labute approximate surface area is 193 Å². The molecule has 4 rings (SSSR count). The van der Waals surface area contributed by atoms with Crippen LogP contribution in [0.4, 0.5) is 18.9 Å². The maximum atomic E-state index is 10.6. The summed E-state index contributed by atoms with van der Waals surface area (Å²) in [6, 6.07) is 14.1. The van der Waals surface area contributed by atoms with Crippen molar-refractivity contribution in [3.63, 3.8) is 0 Å². The molecule has 1 fully saturated rings. The highest BCUT2D eigenvalue weighted by Gasteiger charge is 2.38. The van der Waals surface area contributed by atoms with Gasteiger partial charge in [0.05, 0.1) is 17.6 Å². The fourth-order valence-electron chi connectivity index (χ4n) is 3.52. The lowest BCUT2D eigenvalue weighted by atomic mass is 9.83. The summed E-state index contributed by atoms with van der Waals surface area (Å²) in [5.41, 5.74) is 10.5. The molecular weight excluding hydrogens is 461 g/mol. The number of imidazole rings is 1. The minimum absolute atomic E-state index is 0.301. The second kappa shape index (κ2) is 9.98. The van der Waals surface area contributed by atoms with Crippen LogP contribution < -0.4 is 11.1 Å². The first-order valence-electron chi connectivity index (χ1n) is 10.1. The Morgan fingerprint density at radius 3 is 2.58 bits per heavy atom. The molecule has 1 aliphatic rings. The monoisotopic (exact) mass is 484 g/mol. The Kier molecular flexibility index (Phi) is 7.51. The average Bonchev–Trinajstić information content (AvgIpc) is 3.08. The van der Waals surface area contributed by atoms with Crippen molar-refractivity contribution in [3.8, 4) is 0 Å². The van der Waals surface area contributed by atoms with Crippen LogP contribution in [0.5, 0.6) is 0 Å². The van der Waals surface area contributed by atoms with E-state index in [0.29, 0.717) is 6.54 Å². The van der Waals surface area contributed by atoms with E-state index in [1.807, 2.05) is 25.2 Å². The number of carbonyl (C=O) groups is 1. The van der Waals surface area contributed by atoms with E-state index in [2.05, 4.69) is 34.1 Å². The summed E-state index contributed by atoms with van der Waals surface area (Å²) in [4.78, 5) is 13.6. The van der Waals surface area contributed by atoms with Gasteiger partial charge in [-0.15, -0.1) is 0 Å². The summed E-state index contributed by atoms with van der Waals surface area (Å²) in [6.45, 7) is 2.07. The van der Waals surface area contributed by atoms with Crippen molar-refractivity contribution in [1.29, 1.82) is 0 Å². The molecule has 1 aliphatic heterocycles. The Bertz CT molecular complexity index is 1130. The van der Waals surface area contributed by atoms with Gasteiger partial charge in [-0.2, -0.15) is 13.2 Å². The zero-order chi connectivity index (χ0) is 24.2. The van der Waals surface area contributed by atoms with E-state index < -0.39 is 12.1 Å². The van der Waals surface area contributed by atoms with Crippen molar-refractivity contribution in [1.82, 2.24) is 9.55 Å². The summed E-state index contributed by atoms with van der Waals surface area (Å²) < 4.78 is 39.3. The number of fused-ring (bicyclic) bond motifs is 1. The standard InChI is InChI=1S/C20H23ClN4O.C2HF3O2/c1-25-18-12-15(21)5-6-17(18)24-19(25)13-23-16-4-2-3-14(11-16)20(22)7-9-26-10-8-20;3-2(4,5)1(6)7/h2-6,11-12,23H,7-10,13,22H2,1H3;(H,6,7). The molecule has 33 heavy (non-hydrogen) atoms. The van der Waals surface area contributed by atoms with E-state index in [9.17, 15) is 13.2 Å². The Balaban J connectivity index is 0.000000383. The normalized spacial score (nSPS) is 15.6. The lowest BCUT2D eigenvalue weighted by Crippen LogP contribution is -2.42. The number of carboxylic acid groups (broad SMARTS) is 1. The SMILES string of the molecule is Cn1c(CNc2cccc(C3(N)CCOCC3)c2)nc2ccc(Cl)cc21.O=C(O)C(F)(F)F. The van der Waals surface area contributed by atoms with Crippen molar-refractivity contribution >= 4 is 34.3 Å². The first-order valence-corrected chi connectivity index (χ1v) is 10.5. The van der Waals surface area contributed by atoms with Crippen LogP contribution in [-0.4, -0.2) is 40.0 Å². The highest BCUT2D eigenvalue weighted by Crippen LogP contribution is 2.31. The summed E-state index contributed by atoms with van der Waals surface area (Å²) >= 11 is 6.10. The number of benzene rings is 2. The number of alkyl halides is 3. The van der Waals surface area contributed by atoms with Gasteiger partial charge in [-0.3, -0.25) is 0 Å². The Morgan fingerprint density at radius 2 is 1.94 bits per heavy atom. The number of nitrogens with two attached hydrogens (primary N) is 1. The number of aromatic nitrogens is 2. The molecule has 0 bridgehead atoms. The molecule has 1 saturated heterocycles. The first-order chi connectivity index (χ1) is 15.5. The molecule has 0 saturated carbocycles. The molecule has 3 aromatic rings. The second-order valence-corrected chi connectivity index (χ2v) is 8.16. The van der Waals surface area contributed by atoms with Crippen molar-refractivity contribution in [2.75, 3.05) is 18.5 Å². The van der Waals surface area contributed by atoms with Gasteiger partial charge in [0.15, 0.2) is 0 Å². The molecule has 11 heteroatoms. The maximum Gasteiger partial charge on any atom is 0.490 e. The van der Waals surface area contributed by atoms with Gasteiger partial charge in [0.1, 0.15) is 5.82 Å². The van der Waals surface area contributed by atoms with Crippen molar-refractivity contribution in [3.05, 3.63) is 58.9 Å². The minimum atomic E-state index is -5.08. The largest absolute Gasteiger partial charge is 0.490 e. The molecule has 0 spiro atoms. The highest BCUT2D eigenvalue weighted by atomic mass is 35.5. The summed E-state index contributed by atoms with van der Waals surface area (Å²) in [5.74, 6) is -1.80. The number of halogens is 4. The number of ether oxygens (including phenoxy) is 1. The average molecular weight is 485 g/mol. The van der Waals surface area contributed by atoms with Crippen molar-refractivity contribution < 1.29 is 27.8 Å². The lowest BCUT2D eigenvalue weighted by molar-refractivity contribution is -0.192. The van der Waals surface area contributed by atoms with E-state index in [4.69, 9.17) is 37.0 Å². The number of aliphatic carboxylic acids is 1. The zero-order valence-electron chi connectivity index (χ0n) is 17.8.